The van der Waals surface area contributed by atoms with Gasteiger partial charge in [-0.2, -0.15) is 0 Å². The Morgan fingerprint density at radius 1 is 0.950 bits per heavy atom. The Morgan fingerprint density at radius 3 is 2.25 bits per heavy atom. The molecule has 2 N–H and O–H groups in total. The van der Waals surface area contributed by atoms with Gasteiger partial charge in [-0.3, -0.25) is 0 Å². The van der Waals surface area contributed by atoms with Crippen molar-refractivity contribution >= 4 is 0 Å². The Bertz CT molecular complexity index is 493. The number of ether oxygens (including phenoxy) is 1. The highest BCUT2D eigenvalue weighted by Gasteiger charge is 2.02. The van der Waals surface area contributed by atoms with Crippen molar-refractivity contribution in [3.8, 4) is 5.75 Å². The van der Waals surface area contributed by atoms with E-state index in [2.05, 4.69) is 43.3 Å². The summed E-state index contributed by atoms with van der Waals surface area (Å²) in [5, 5.41) is 0. The lowest BCUT2D eigenvalue weighted by Crippen LogP contribution is -2.27. The highest BCUT2D eigenvalue weighted by molar-refractivity contribution is 5.31. The van der Waals surface area contributed by atoms with Crippen molar-refractivity contribution < 1.29 is 4.74 Å². The first-order valence-electron chi connectivity index (χ1n) is 7.29. The quantitative estimate of drug-likeness (QED) is 0.830. The molecule has 1 atom stereocenters. The summed E-state index contributed by atoms with van der Waals surface area (Å²) in [7, 11) is 0. The molecule has 0 aliphatic heterocycles. The fourth-order valence-corrected chi connectivity index (χ4v) is 2.19. The van der Waals surface area contributed by atoms with Gasteiger partial charge in [0.1, 0.15) is 12.4 Å². The zero-order valence-corrected chi connectivity index (χ0v) is 12.1. The van der Waals surface area contributed by atoms with Crippen LogP contribution in [0.5, 0.6) is 5.75 Å². The monoisotopic (exact) mass is 269 g/mol. The summed E-state index contributed by atoms with van der Waals surface area (Å²) in [6, 6.07) is 18.9. The van der Waals surface area contributed by atoms with Crippen molar-refractivity contribution in [3.05, 3.63) is 65.7 Å². The van der Waals surface area contributed by atoms with Crippen LogP contribution in [0.25, 0.3) is 0 Å². The normalized spacial score (nSPS) is 12.1. The molecule has 0 amide bonds. The molecule has 0 aliphatic rings. The van der Waals surface area contributed by atoms with Crippen molar-refractivity contribution in [1.29, 1.82) is 0 Å². The van der Waals surface area contributed by atoms with E-state index in [4.69, 9.17) is 10.5 Å². The Morgan fingerprint density at radius 2 is 1.60 bits per heavy atom. The highest BCUT2D eigenvalue weighted by atomic mass is 16.5. The van der Waals surface area contributed by atoms with Crippen LogP contribution in [0.3, 0.4) is 0 Å². The third kappa shape index (κ3) is 4.71. The molecule has 20 heavy (non-hydrogen) atoms. The van der Waals surface area contributed by atoms with Crippen LogP contribution in [0.15, 0.2) is 54.6 Å². The van der Waals surface area contributed by atoms with Gasteiger partial charge in [0.25, 0.3) is 0 Å². The topological polar surface area (TPSA) is 35.2 Å². The molecule has 2 rings (SSSR count). The fraction of sp³-hybridized carbons (Fsp3) is 0.333. The highest BCUT2D eigenvalue weighted by Crippen LogP contribution is 2.15. The molecule has 0 heterocycles. The standard InChI is InChI=1S/C18H23NO/c1-2-6-17(19)14-20-18-11-9-16(10-12-18)13-15-7-4-3-5-8-15/h3-5,7-12,17H,2,6,13-14,19H2,1H3. The van der Waals surface area contributed by atoms with E-state index < -0.39 is 0 Å². The maximum Gasteiger partial charge on any atom is 0.119 e. The minimum Gasteiger partial charge on any atom is -0.492 e. The van der Waals surface area contributed by atoms with Crippen LogP contribution >= 0.6 is 0 Å². The zero-order chi connectivity index (χ0) is 14.2. The number of rotatable bonds is 7. The van der Waals surface area contributed by atoms with Gasteiger partial charge in [-0.1, -0.05) is 55.8 Å². The smallest absolute Gasteiger partial charge is 0.119 e. The van der Waals surface area contributed by atoms with Gasteiger partial charge in [-0.05, 0) is 36.1 Å². The van der Waals surface area contributed by atoms with Crippen molar-refractivity contribution in [3.63, 3.8) is 0 Å². The van der Waals surface area contributed by atoms with E-state index in [0.717, 1.165) is 25.0 Å². The van der Waals surface area contributed by atoms with Crippen LogP contribution in [-0.2, 0) is 6.42 Å². The second kappa shape index (κ2) is 7.71. The summed E-state index contributed by atoms with van der Waals surface area (Å²) >= 11 is 0. The lowest BCUT2D eigenvalue weighted by molar-refractivity contribution is 0.281. The summed E-state index contributed by atoms with van der Waals surface area (Å²) in [5.74, 6) is 0.897. The van der Waals surface area contributed by atoms with E-state index in [-0.39, 0.29) is 6.04 Å². The lowest BCUT2D eigenvalue weighted by Gasteiger charge is -2.12. The summed E-state index contributed by atoms with van der Waals surface area (Å²) in [4.78, 5) is 0. The van der Waals surface area contributed by atoms with E-state index in [0.29, 0.717) is 6.61 Å². The lowest BCUT2D eigenvalue weighted by atomic mass is 10.1. The van der Waals surface area contributed by atoms with Gasteiger partial charge in [0.15, 0.2) is 0 Å². The molecule has 106 valence electrons. The predicted octanol–water partition coefficient (Wildman–Crippen LogP) is 3.78. The van der Waals surface area contributed by atoms with Crippen molar-refractivity contribution in [2.45, 2.75) is 32.2 Å². The molecule has 0 aromatic heterocycles. The van der Waals surface area contributed by atoms with E-state index in [1.807, 2.05) is 18.2 Å². The van der Waals surface area contributed by atoms with Crippen LogP contribution in [0.1, 0.15) is 30.9 Å². The van der Waals surface area contributed by atoms with E-state index in [1.54, 1.807) is 0 Å². The molecule has 0 aliphatic carbocycles. The Kier molecular flexibility index (Phi) is 5.63. The fourth-order valence-electron chi connectivity index (χ4n) is 2.19. The third-order valence-electron chi connectivity index (χ3n) is 3.30. The summed E-state index contributed by atoms with van der Waals surface area (Å²) in [6.45, 7) is 2.73. The molecule has 0 spiro atoms. The first-order chi connectivity index (χ1) is 9.78. The zero-order valence-electron chi connectivity index (χ0n) is 12.1. The Labute approximate surface area is 121 Å². The van der Waals surface area contributed by atoms with Gasteiger partial charge in [0.2, 0.25) is 0 Å². The molecular weight excluding hydrogens is 246 g/mol. The van der Waals surface area contributed by atoms with Gasteiger partial charge >= 0.3 is 0 Å². The van der Waals surface area contributed by atoms with Gasteiger partial charge in [0.05, 0.1) is 0 Å². The van der Waals surface area contributed by atoms with E-state index in [9.17, 15) is 0 Å². The first kappa shape index (κ1) is 14.6. The molecule has 1 unspecified atom stereocenters. The van der Waals surface area contributed by atoms with Gasteiger partial charge in [-0.25, -0.2) is 0 Å². The van der Waals surface area contributed by atoms with Crippen molar-refractivity contribution in [1.82, 2.24) is 0 Å². The van der Waals surface area contributed by atoms with Crippen molar-refractivity contribution in [2.24, 2.45) is 5.73 Å². The van der Waals surface area contributed by atoms with Crippen LogP contribution < -0.4 is 10.5 Å². The summed E-state index contributed by atoms with van der Waals surface area (Å²) in [5.41, 5.74) is 8.56. The SMILES string of the molecule is CCCC(N)COc1ccc(Cc2ccccc2)cc1. The largest absolute Gasteiger partial charge is 0.492 e. The Balaban J connectivity index is 1.87. The van der Waals surface area contributed by atoms with E-state index >= 15 is 0 Å². The second-order valence-electron chi connectivity index (χ2n) is 5.17. The molecule has 2 aromatic rings. The maximum absolute atomic E-state index is 5.94. The molecule has 2 aromatic carbocycles. The number of hydrogen-bond acceptors (Lipinski definition) is 2. The average Bonchev–Trinajstić information content (AvgIpc) is 2.48. The minimum absolute atomic E-state index is 0.129. The maximum atomic E-state index is 5.94. The van der Waals surface area contributed by atoms with Crippen LogP contribution in [-0.4, -0.2) is 12.6 Å². The summed E-state index contributed by atoms with van der Waals surface area (Å²) in [6.07, 6.45) is 3.06. The Hall–Kier alpha value is -1.80. The van der Waals surface area contributed by atoms with E-state index in [1.165, 1.54) is 11.1 Å². The molecule has 2 heteroatoms. The average molecular weight is 269 g/mol. The summed E-state index contributed by atoms with van der Waals surface area (Å²) < 4.78 is 5.70. The number of benzene rings is 2. The van der Waals surface area contributed by atoms with Gasteiger partial charge in [-0.15, -0.1) is 0 Å². The predicted molar refractivity (Wildman–Crippen MR) is 84.1 cm³/mol. The molecular formula is C18H23NO. The van der Waals surface area contributed by atoms with Crippen LogP contribution in [0.4, 0.5) is 0 Å². The second-order valence-corrected chi connectivity index (χ2v) is 5.17. The van der Waals surface area contributed by atoms with Crippen LogP contribution in [0.2, 0.25) is 0 Å². The van der Waals surface area contributed by atoms with Gasteiger partial charge in [0, 0.05) is 6.04 Å². The van der Waals surface area contributed by atoms with Crippen molar-refractivity contribution in [2.75, 3.05) is 6.61 Å². The number of nitrogens with two attached hydrogens (primary N) is 1. The molecule has 0 saturated heterocycles. The molecule has 2 nitrogen and oxygen atoms in total. The minimum atomic E-state index is 0.129. The molecule has 0 bridgehead atoms. The van der Waals surface area contributed by atoms with Crippen LogP contribution in [0, 0.1) is 0 Å². The molecule has 0 radical (unpaired) electrons. The number of hydrogen-bond donors (Lipinski definition) is 1. The first-order valence-corrected chi connectivity index (χ1v) is 7.29. The van der Waals surface area contributed by atoms with Gasteiger partial charge < -0.3 is 10.5 Å². The molecule has 0 fully saturated rings. The third-order valence-corrected chi connectivity index (χ3v) is 3.30. The molecule has 0 saturated carbocycles.